The fourth-order valence-electron chi connectivity index (χ4n) is 4.43. The monoisotopic (exact) mass is 388 g/mol. The van der Waals surface area contributed by atoms with Gasteiger partial charge in [-0.3, -0.25) is 9.69 Å². The van der Waals surface area contributed by atoms with Crippen molar-refractivity contribution in [1.82, 2.24) is 10.2 Å². The van der Waals surface area contributed by atoms with Crippen molar-refractivity contribution in [3.05, 3.63) is 28.8 Å². The van der Waals surface area contributed by atoms with Crippen LogP contribution in [0.15, 0.2) is 12.1 Å². The fraction of sp³-hybridized carbons (Fsp3) is 0.636. The second kappa shape index (κ2) is 8.11. The van der Waals surface area contributed by atoms with E-state index in [4.69, 9.17) is 4.74 Å². The van der Waals surface area contributed by atoms with Crippen LogP contribution < -0.4 is 10.1 Å². The van der Waals surface area contributed by atoms with E-state index in [0.29, 0.717) is 0 Å². The van der Waals surface area contributed by atoms with Gasteiger partial charge < -0.3 is 15.2 Å². The molecule has 0 spiro atoms. The lowest BCUT2D eigenvalue weighted by Gasteiger charge is -2.34. The predicted octanol–water partition coefficient (Wildman–Crippen LogP) is 3.24. The molecule has 3 amide bonds. The topological polar surface area (TPSA) is 78.9 Å². The van der Waals surface area contributed by atoms with Crippen LogP contribution in [0.5, 0.6) is 5.75 Å². The van der Waals surface area contributed by atoms with Crippen LogP contribution in [0.1, 0.15) is 55.7 Å². The molecule has 0 radical (unpaired) electrons. The highest BCUT2D eigenvalue weighted by Crippen LogP contribution is 2.36. The van der Waals surface area contributed by atoms with E-state index >= 15 is 0 Å². The van der Waals surface area contributed by atoms with Crippen LogP contribution in [-0.4, -0.2) is 46.7 Å². The lowest BCUT2D eigenvalue weighted by molar-refractivity contribution is -0.134. The molecule has 0 unspecified atom stereocenters. The van der Waals surface area contributed by atoms with Crippen LogP contribution in [0.3, 0.4) is 0 Å². The van der Waals surface area contributed by atoms with E-state index in [9.17, 15) is 14.7 Å². The van der Waals surface area contributed by atoms with Gasteiger partial charge in [-0.15, -0.1) is 0 Å². The highest BCUT2D eigenvalue weighted by atomic mass is 16.5. The summed E-state index contributed by atoms with van der Waals surface area (Å²) in [5.74, 6) is 0.684. The van der Waals surface area contributed by atoms with Crippen molar-refractivity contribution >= 4 is 11.9 Å². The Labute approximate surface area is 167 Å². The lowest BCUT2D eigenvalue weighted by atomic mass is 9.75. The van der Waals surface area contributed by atoms with E-state index in [1.165, 1.54) is 6.42 Å². The van der Waals surface area contributed by atoms with Gasteiger partial charge in [0.2, 0.25) is 0 Å². The number of benzene rings is 1. The largest absolute Gasteiger partial charge is 0.490 e. The van der Waals surface area contributed by atoms with Crippen LogP contribution in [0.25, 0.3) is 0 Å². The second-order valence-electron chi connectivity index (χ2n) is 8.50. The van der Waals surface area contributed by atoms with Gasteiger partial charge in [-0.2, -0.15) is 0 Å². The number of aliphatic hydroxyl groups is 1. The SMILES string of the molecule is Cc1ccc(C)c(OC[C@@H](O)CN2C(=O)N[C@@](C)(C3CCCCC3)C2=O)c1C. The standard InChI is InChI=1S/C22H32N2O4/c1-14-10-11-15(2)19(16(14)3)28-13-18(25)12-24-20(26)22(4,23-21(24)27)17-8-6-5-7-9-17/h10-11,17-18,25H,5-9,12-13H2,1-4H3,(H,23,27)/t18-,22-/m0/s1. The number of urea groups is 1. The van der Waals surface area contributed by atoms with Gasteiger partial charge >= 0.3 is 6.03 Å². The minimum Gasteiger partial charge on any atom is -0.490 e. The van der Waals surface area contributed by atoms with E-state index < -0.39 is 17.7 Å². The molecule has 1 aromatic carbocycles. The molecule has 2 N–H and O–H groups in total. The molecule has 0 aromatic heterocycles. The number of carbonyl (C=O) groups is 2. The quantitative estimate of drug-likeness (QED) is 0.734. The third-order valence-corrected chi connectivity index (χ3v) is 6.41. The third kappa shape index (κ3) is 3.88. The predicted molar refractivity (Wildman–Crippen MR) is 107 cm³/mol. The van der Waals surface area contributed by atoms with Gasteiger partial charge in [-0.05, 0) is 63.1 Å². The molecule has 1 heterocycles. The van der Waals surface area contributed by atoms with Crippen molar-refractivity contribution in [1.29, 1.82) is 0 Å². The Morgan fingerprint density at radius 2 is 1.82 bits per heavy atom. The number of nitrogens with one attached hydrogen (secondary N) is 1. The Bertz CT molecular complexity index is 757. The average Bonchev–Trinajstić information content (AvgIpc) is 2.89. The molecule has 154 valence electrons. The summed E-state index contributed by atoms with van der Waals surface area (Å²) in [7, 11) is 0. The van der Waals surface area contributed by atoms with Crippen LogP contribution in [-0.2, 0) is 4.79 Å². The van der Waals surface area contributed by atoms with Crippen molar-refractivity contribution in [3.8, 4) is 5.75 Å². The zero-order chi connectivity index (χ0) is 20.5. The number of ether oxygens (including phenoxy) is 1. The van der Waals surface area contributed by atoms with E-state index in [1.807, 2.05) is 39.8 Å². The summed E-state index contributed by atoms with van der Waals surface area (Å²) in [6.45, 7) is 7.75. The Hall–Kier alpha value is -2.08. The molecule has 1 aromatic rings. The second-order valence-corrected chi connectivity index (χ2v) is 8.50. The number of hydrogen-bond acceptors (Lipinski definition) is 4. The molecule has 1 aliphatic carbocycles. The minimum absolute atomic E-state index is 0.0301. The van der Waals surface area contributed by atoms with Gasteiger partial charge in [0.1, 0.15) is 24.0 Å². The lowest BCUT2D eigenvalue weighted by Crippen LogP contribution is -2.51. The Morgan fingerprint density at radius 1 is 1.18 bits per heavy atom. The summed E-state index contributed by atoms with van der Waals surface area (Å²) in [4.78, 5) is 26.6. The Morgan fingerprint density at radius 3 is 2.50 bits per heavy atom. The zero-order valence-electron chi connectivity index (χ0n) is 17.4. The molecule has 2 aliphatic rings. The van der Waals surface area contributed by atoms with Crippen LogP contribution in [0.4, 0.5) is 4.79 Å². The molecule has 28 heavy (non-hydrogen) atoms. The van der Waals surface area contributed by atoms with Crippen LogP contribution in [0.2, 0.25) is 0 Å². The molecule has 2 atom stereocenters. The molecular weight excluding hydrogens is 356 g/mol. The first-order valence-electron chi connectivity index (χ1n) is 10.3. The van der Waals surface area contributed by atoms with E-state index in [0.717, 1.165) is 53.0 Å². The van der Waals surface area contributed by atoms with Crippen molar-refractivity contribution in [2.45, 2.75) is 71.4 Å². The molecule has 2 fully saturated rings. The van der Waals surface area contributed by atoms with Gasteiger partial charge in [0.25, 0.3) is 5.91 Å². The maximum absolute atomic E-state index is 13.0. The summed E-state index contributed by atoms with van der Waals surface area (Å²) in [5, 5.41) is 13.3. The summed E-state index contributed by atoms with van der Waals surface area (Å²) in [6, 6.07) is 3.60. The molecule has 1 saturated heterocycles. The highest BCUT2D eigenvalue weighted by Gasteiger charge is 2.52. The molecule has 6 nitrogen and oxygen atoms in total. The van der Waals surface area contributed by atoms with Gasteiger partial charge in [0.15, 0.2) is 0 Å². The van der Waals surface area contributed by atoms with Gasteiger partial charge in [0, 0.05) is 0 Å². The first-order valence-corrected chi connectivity index (χ1v) is 10.3. The van der Waals surface area contributed by atoms with Gasteiger partial charge in [0.05, 0.1) is 6.54 Å². The number of amides is 3. The smallest absolute Gasteiger partial charge is 0.325 e. The Kier molecular flexibility index (Phi) is 5.98. The van der Waals surface area contributed by atoms with Gasteiger partial charge in [-0.25, -0.2) is 4.79 Å². The molecule has 1 saturated carbocycles. The summed E-state index contributed by atoms with van der Waals surface area (Å²) < 4.78 is 5.84. The number of carbonyl (C=O) groups excluding carboxylic acids is 2. The van der Waals surface area contributed by atoms with Crippen LogP contribution in [0, 0.1) is 26.7 Å². The van der Waals surface area contributed by atoms with Gasteiger partial charge in [-0.1, -0.05) is 31.4 Å². The van der Waals surface area contributed by atoms with Crippen molar-refractivity contribution in [2.75, 3.05) is 13.2 Å². The molecular formula is C22H32N2O4. The first kappa shape index (κ1) is 20.6. The van der Waals surface area contributed by atoms with Crippen LogP contribution >= 0.6 is 0 Å². The molecule has 0 bridgehead atoms. The normalized spacial score (nSPS) is 24.4. The van der Waals surface area contributed by atoms with E-state index in [-0.39, 0.29) is 25.0 Å². The first-order chi connectivity index (χ1) is 13.2. The fourth-order valence-corrected chi connectivity index (χ4v) is 4.43. The van der Waals surface area contributed by atoms with E-state index in [2.05, 4.69) is 5.32 Å². The van der Waals surface area contributed by atoms with Crippen molar-refractivity contribution in [2.24, 2.45) is 5.92 Å². The summed E-state index contributed by atoms with van der Waals surface area (Å²) >= 11 is 0. The maximum atomic E-state index is 13.0. The number of aliphatic hydroxyl groups excluding tert-OH is 1. The number of rotatable bonds is 6. The van der Waals surface area contributed by atoms with E-state index in [1.54, 1.807) is 0 Å². The minimum atomic E-state index is -0.942. The molecule has 3 rings (SSSR count). The maximum Gasteiger partial charge on any atom is 0.325 e. The van der Waals surface area contributed by atoms with Crippen molar-refractivity contribution in [3.63, 3.8) is 0 Å². The highest BCUT2D eigenvalue weighted by molar-refractivity contribution is 6.07. The summed E-state index contributed by atoms with van der Waals surface area (Å²) in [6.07, 6.45) is 4.33. The number of imide groups is 1. The average molecular weight is 389 g/mol. The Balaban J connectivity index is 1.62. The summed E-state index contributed by atoms with van der Waals surface area (Å²) in [5.41, 5.74) is 2.29. The van der Waals surface area contributed by atoms with Crippen molar-refractivity contribution < 1.29 is 19.4 Å². The molecule has 1 aliphatic heterocycles. The third-order valence-electron chi connectivity index (χ3n) is 6.41. The number of aryl methyl sites for hydroxylation is 2. The number of nitrogens with zero attached hydrogens (tertiary/aromatic N) is 1. The number of β-amino-alcohol motifs (C(OH)–C–C–N with tert-alkyl or cyclic N) is 1. The molecule has 6 heteroatoms. The zero-order valence-corrected chi connectivity index (χ0v) is 17.4. The number of hydrogen-bond donors (Lipinski definition) is 2.